The summed E-state index contributed by atoms with van der Waals surface area (Å²) in [6.45, 7) is 4.20. The smallest absolute Gasteiger partial charge is 0.254 e. The third kappa shape index (κ3) is 5.58. The minimum absolute atomic E-state index is 0.0180. The highest BCUT2D eigenvalue weighted by Crippen LogP contribution is 2.33. The van der Waals surface area contributed by atoms with Crippen LogP contribution in [0.2, 0.25) is 0 Å². The van der Waals surface area contributed by atoms with Gasteiger partial charge in [0.05, 0.1) is 0 Å². The predicted octanol–water partition coefficient (Wildman–Crippen LogP) is 4.58. The lowest BCUT2D eigenvalue weighted by molar-refractivity contribution is -0.116. The van der Waals surface area contributed by atoms with Crippen molar-refractivity contribution in [2.24, 2.45) is 0 Å². The van der Waals surface area contributed by atoms with E-state index in [-0.39, 0.29) is 17.9 Å². The lowest BCUT2D eigenvalue weighted by Gasteiger charge is -2.34. The third-order valence-electron chi connectivity index (χ3n) is 7.92. The maximum atomic E-state index is 14.1. The molecule has 0 saturated carbocycles. The molecule has 0 radical (unpaired) electrons. The van der Waals surface area contributed by atoms with Gasteiger partial charge in [0.15, 0.2) is 0 Å². The van der Waals surface area contributed by atoms with Crippen molar-refractivity contribution in [3.8, 4) is 0 Å². The average molecular weight is 512 g/mol. The highest BCUT2D eigenvalue weighted by molar-refractivity contribution is 5.96. The summed E-state index contributed by atoms with van der Waals surface area (Å²) in [5, 5.41) is 0. The maximum Gasteiger partial charge on any atom is 0.254 e. The van der Waals surface area contributed by atoms with Gasteiger partial charge in [-0.2, -0.15) is 0 Å². The normalized spacial score (nSPS) is 20.0. The van der Waals surface area contributed by atoms with Gasteiger partial charge in [0.1, 0.15) is 0 Å². The van der Waals surface area contributed by atoms with E-state index in [9.17, 15) is 9.59 Å². The molecule has 0 aliphatic carbocycles. The van der Waals surface area contributed by atoms with E-state index >= 15 is 0 Å². The molecule has 198 valence electrons. The second-order valence-electron chi connectivity index (χ2n) is 10.6. The number of aromatic nitrogens is 1. The Bertz CT molecular complexity index is 1280. The number of amides is 2. The number of hydrogen-bond donors (Lipinski definition) is 0. The van der Waals surface area contributed by atoms with Crippen molar-refractivity contribution in [2.45, 2.75) is 51.4 Å². The summed E-state index contributed by atoms with van der Waals surface area (Å²) >= 11 is 0. The molecule has 2 atom stereocenters. The van der Waals surface area contributed by atoms with Crippen molar-refractivity contribution in [3.63, 3.8) is 0 Å². The van der Waals surface area contributed by atoms with Gasteiger partial charge in [-0.05, 0) is 66.8 Å². The van der Waals surface area contributed by atoms with Gasteiger partial charge in [0, 0.05) is 88.6 Å². The molecular weight excluding hydrogens is 474 g/mol. The number of benzene rings is 2. The molecule has 1 aromatic heterocycles. The van der Waals surface area contributed by atoms with E-state index in [2.05, 4.69) is 22.0 Å². The van der Waals surface area contributed by atoms with Crippen LogP contribution in [-0.4, -0.2) is 65.9 Å². The zero-order chi connectivity index (χ0) is 26.6. The van der Waals surface area contributed by atoms with Crippen molar-refractivity contribution in [2.75, 3.05) is 37.0 Å². The van der Waals surface area contributed by atoms with E-state index in [0.29, 0.717) is 31.2 Å². The summed E-state index contributed by atoms with van der Waals surface area (Å²) in [7, 11) is 3.97. The van der Waals surface area contributed by atoms with Gasteiger partial charge < -0.3 is 14.7 Å². The van der Waals surface area contributed by atoms with Gasteiger partial charge in [-0.25, -0.2) is 0 Å². The number of carbonyl (C=O) groups is 2. The number of rotatable bonds is 4. The quantitative estimate of drug-likeness (QED) is 0.513. The Balaban J connectivity index is 1.54. The first kappa shape index (κ1) is 25.9. The SMILES string of the molecule is CC(=O)N1CCC2CCC(CN(C(=O)c3cccc(N(C)C)c3)Cc3ccccc31)N2Cc1ccncc1. The molecule has 7 nitrogen and oxygen atoms in total. The van der Waals surface area contributed by atoms with Crippen LogP contribution in [0.1, 0.15) is 47.7 Å². The number of hydrogen-bond acceptors (Lipinski definition) is 5. The molecule has 7 heteroatoms. The minimum Gasteiger partial charge on any atom is -0.378 e. The summed E-state index contributed by atoms with van der Waals surface area (Å²) < 4.78 is 0. The molecule has 3 aromatic rings. The fourth-order valence-electron chi connectivity index (χ4n) is 5.89. The van der Waals surface area contributed by atoms with Crippen molar-refractivity contribution >= 4 is 23.2 Å². The summed E-state index contributed by atoms with van der Waals surface area (Å²) in [4.78, 5) is 39.6. The fourth-order valence-corrected chi connectivity index (χ4v) is 5.89. The molecule has 2 aromatic carbocycles. The fraction of sp³-hybridized carbons (Fsp3) is 0.387. The van der Waals surface area contributed by atoms with E-state index in [0.717, 1.165) is 42.7 Å². The van der Waals surface area contributed by atoms with Crippen LogP contribution in [0, 0.1) is 0 Å². The minimum atomic E-state index is 0.0180. The number of anilines is 2. The van der Waals surface area contributed by atoms with Gasteiger partial charge >= 0.3 is 0 Å². The standard InChI is InChI=1S/C31H37N5O2/c1-23(37)35-18-15-27-11-12-29(36(27)20-24-13-16-32-17-14-24)22-34(21-26-7-4-5-10-30(26)35)31(38)25-8-6-9-28(19-25)33(2)3/h4-10,13-14,16-17,19,27,29H,11-12,15,18,20-22H2,1-3H3. The Labute approximate surface area is 225 Å². The summed E-state index contributed by atoms with van der Waals surface area (Å²) in [6, 6.07) is 20.6. The van der Waals surface area contributed by atoms with Crippen LogP contribution in [0.25, 0.3) is 0 Å². The van der Waals surface area contributed by atoms with Gasteiger partial charge in [0.2, 0.25) is 5.91 Å². The lowest BCUT2D eigenvalue weighted by atomic mass is 10.1. The molecule has 2 aliphatic heterocycles. The molecular formula is C31H37N5O2. The average Bonchev–Trinajstić information content (AvgIpc) is 3.28. The molecule has 38 heavy (non-hydrogen) atoms. The topological polar surface area (TPSA) is 60.0 Å². The Morgan fingerprint density at radius 2 is 1.71 bits per heavy atom. The highest BCUT2D eigenvalue weighted by atomic mass is 16.2. The molecule has 0 N–H and O–H groups in total. The van der Waals surface area contributed by atoms with E-state index in [1.807, 2.05) is 89.7 Å². The first-order valence-corrected chi connectivity index (χ1v) is 13.5. The Morgan fingerprint density at radius 3 is 2.47 bits per heavy atom. The molecule has 1 saturated heterocycles. The zero-order valence-corrected chi connectivity index (χ0v) is 22.6. The Kier molecular flexibility index (Phi) is 7.74. The van der Waals surface area contributed by atoms with Gasteiger partial charge in [-0.3, -0.25) is 19.5 Å². The van der Waals surface area contributed by atoms with Gasteiger partial charge in [-0.15, -0.1) is 0 Å². The van der Waals surface area contributed by atoms with Crippen molar-refractivity contribution < 1.29 is 9.59 Å². The number of para-hydroxylation sites is 1. The number of carbonyl (C=O) groups excluding carboxylic acids is 2. The van der Waals surface area contributed by atoms with Crippen LogP contribution in [0.3, 0.4) is 0 Å². The van der Waals surface area contributed by atoms with Crippen LogP contribution >= 0.6 is 0 Å². The second-order valence-corrected chi connectivity index (χ2v) is 10.6. The first-order valence-electron chi connectivity index (χ1n) is 13.5. The van der Waals surface area contributed by atoms with Crippen LogP contribution in [-0.2, 0) is 17.9 Å². The van der Waals surface area contributed by atoms with E-state index in [1.54, 1.807) is 6.92 Å². The zero-order valence-electron chi connectivity index (χ0n) is 22.6. The van der Waals surface area contributed by atoms with E-state index in [1.165, 1.54) is 5.56 Å². The Morgan fingerprint density at radius 1 is 0.947 bits per heavy atom. The van der Waals surface area contributed by atoms with Crippen LogP contribution in [0.15, 0.2) is 73.1 Å². The Hall–Kier alpha value is -3.71. The van der Waals surface area contributed by atoms with E-state index < -0.39 is 0 Å². The summed E-state index contributed by atoms with van der Waals surface area (Å²) in [6.07, 6.45) is 6.66. The van der Waals surface area contributed by atoms with E-state index in [4.69, 9.17) is 0 Å². The first-order chi connectivity index (χ1) is 18.4. The molecule has 0 spiro atoms. The third-order valence-corrected chi connectivity index (χ3v) is 7.92. The number of nitrogens with zero attached hydrogens (tertiary/aromatic N) is 5. The van der Waals surface area contributed by atoms with Crippen LogP contribution in [0.4, 0.5) is 11.4 Å². The van der Waals surface area contributed by atoms with Gasteiger partial charge in [-0.1, -0.05) is 24.3 Å². The maximum absolute atomic E-state index is 14.1. The van der Waals surface area contributed by atoms with Crippen LogP contribution < -0.4 is 9.80 Å². The molecule has 5 rings (SSSR count). The monoisotopic (exact) mass is 511 g/mol. The largest absolute Gasteiger partial charge is 0.378 e. The highest BCUT2D eigenvalue weighted by Gasteiger charge is 2.36. The summed E-state index contributed by atoms with van der Waals surface area (Å²) in [5.41, 5.74) is 4.80. The van der Waals surface area contributed by atoms with Crippen molar-refractivity contribution in [1.29, 1.82) is 0 Å². The van der Waals surface area contributed by atoms with Crippen molar-refractivity contribution in [3.05, 3.63) is 89.7 Å². The molecule has 3 heterocycles. The van der Waals surface area contributed by atoms with Gasteiger partial charge in [0.25, 0.3) is 5.91 Å². The molecule has 2 bridgehead atoms. The van der Waals surface area contributed by atoms with Crippen molar-refractivity contribution in [1.82, 2.24) is 14.8 Å². The predicted molar refractivity (Wildman–Crippen MR) is 151 cm³/mol. The molecule has 2 amide bonds. The molecule has 2 aliphatic rings. The number of fused-ring (bicyclic) bond motifs is 3. The molecule has 1 fully saturated rings. The lowest BCUT2D eigenvalue weighted by Crippen LogP contribution is -2.45. The number of pyridine rings is 1. The van der Waals surface area contributed by atoms with Crippen LogP contribution in [0.5, 0.6) is 0 Å². The molecule has 2 unspecified atom stereocenters. The second kappa shape index (κ2) is 11.4. The summed E-state index contributed by atoms with van der Waals surface area (Å²) in [5.74, 6) is 0.0490.